The first-order valence-electron chi connectivity index (χ1n) is 9.18. The van der Waals surface area contributed by atoms with E-state index in [1.165, 1.54) is 7.11 Å². The van der Waals surface area contributed by atoms with Crippen LogP contribution in [0.15, 0.2) is 54.7 Å². The van der Waals surface area contributed by atoms with Gasteiger partial charge in [-0.1, -0.05) is 17.7 Å². The highest BCUT2D eigenvalue weighted by molar-refractivity contribution is 6.32. The maximum Gasteiger partial charge on any atom is 0.262 e. The molecule has 8 heteroatoms. The fourth-order valence-electron chi connectivity index (χ4n) is 3.47. The van der Waals surface area contributed by atoms with Crippen molar-refractivity contribution in [2.75, 3.05) is 31.5 Å². The summed E-state index contributed by atoms with van der Waals surface area (Å²) in [6.45, 7) is 0. The van der Waals surface area contributed by atoms with Crippen LogP contribution in [0.4, 0.5) is 11.4 Å². The van der Waals surface area contributed by atoms with Gasteiger partial charge in [-0.3, -0.25) is 14.7 Å². The lowest BCUT2D eigenvalue weighted by Crippen LogP contribution is -2.32. The quantitative estimate of drug-likeness (QED) is 0.625. The molecule has 154 valence electrons. The summed E-state index contributed by atoms with van der Waals surface area (Å²) in [7, 11) is 4.68. The lowest BCUT2D eigenvalue weighted by atomic mass is 10.2. The number of rotatable bonds is 6. The number of carbonyl (C=O) groups excluding carboxylic acids is 1. The van der Waals surface area contributed by atoms with Crippen LogP contribution in [0.3, 0.4) is 0 Å². The molecule has 2 heterocycles. The molecule has 1 atom stereocenters. The van der Waals surface area contributed by atoms with E-state index < -0.39 is 6.17 Å². The van der Waals surface area contributed by atoms with E-state index >= 15 is 0 Å². The molecular formula is C22H20ClN3O4. The first-order valence-corrected chi connectivity index (χ1v) is 9.55. The van der Waals surface area contributed by atoms with Crippen molar-refractivity contribution < 1.29 is 19.0 Å². The van der Waals surface area contributed by atoms with Crippen molar-refractivity contribution in [3.8, 4) is 17.2 Å². The number of nitrogens with one attached hydrogen (secondary N) is 1. The van der Waals surface area contributed by atoms with Crippen LogP contribution in [0.5, 0.6) is 17.2 Å². The monoisotopic (exact) mass is 425 g/mol. The molecule has 30 heavy (non-hydrogen) atoms. The molecule has 1 amide bonds. The molecule has 4 rings (SSSR count). The second-order valence-electron chi connectivity index (χ2n) is 6.55. The molecule has 1 N–H and O–H groups in total. The van der Waals surface area contributed by atoms with Crippen LogP contribution < -0.4 is 24.4 Å². The Balaban J connectivity index is 1.81. The molecule has 0 radical (unpaired) electrons. The summed E-state index contributed by atoms with van der Waals surface area (Å²) >= 11 is 6.33. The maximum atomic E-state index is 13.2. The van der Waals surface area contributed by atoms with Gasteiger partial charge in [0.2, 0.25) is 0 Å². The molecular weight excluding hydrogens is 406 g/mol. The molecule has 0 spiro atoms. The van der Waals surface area contributed by atoms with E-state index in [0.717, 1.165) is 0 Å². The van der Waals surface area contributed by atoms with Crippen molar-refractivity contribution in [1.29, 1.82) is 0 Å². The smallest absolute Gasteiger partial charge is 0.262 e. The van der Waals surface area contributed by atoms with E-state index in [-0.39, 0.29) is 5.91 Å². The third kappa shape index (κ3) is 3.37. The van der Waals surface area contributed by atoms with Crippen molar-refractivity contribution in [1.82, 2.24) is 4.98 Å². The zero-order valence-electron chi connectivity index (χ0n) is 16.7. The van der Waals surface area contributed by atoms with E-state index in [2.05, 4.69) is 10.3 Å². The van der Waals surface area contributed by atoms with E-state index in [1.807, 2.05) is 18.2 Å². The average Bonchev–Trinajstić information content (AvgIpc) is 3.06. The summed E-state index contributed by atoms with van der Waals surface area (Å²) in [6.07, 6.45) is 1.09. The first-order chi connectivity index (χ1) is 14.6. The van der Waals surface area contributed by atoms with Gasteiger partial charge in [0.1, 0.15) is 17.2 Å². The minimum Gasteiger partial charge on any atom is -0.497 e. The first kappa shape index (κ1) is 19.8. The number of nitrogens with zero attached hydrogens (tertiary/aromatic N) is 2. The number of carbonyl (C=O) groups is 1. The molecule has 0 fully saturated rings. The summed E-state index contributed by atoms with van der Waals surface area (Å²) in [6, 6.07) is 14.2. The molecule has 0 saturated heterocycles. The van der Waals surface area contributed by atoms with Crippen molar-refractivity contribution in [2.45, 2.75) is 6.17 Å². The van der Waals surface area contributed by atoms with E-state index in [4.69, 9.17) is 25.8 Å². The summed E-state index contributed by atoms with van der Waals surface area (Å²) in [4.78, 5) is 19.3. The third-order valence-corrected chi connectivity index (χ3v) is 5.20. The van der Waals surface area contributed by atoms with Crippen LogP contribution in [-0.2, 0) is 0 Å². The molecule has 7 nitrogen and oxygen atoms in total. The van der Waals surface area contributed by atoms with Gasteiger partial charge in [-0.15, -0.1) is 0 Å². The molecule has 2 aromatic carbocycles. The lowest BCUT2D eigenvalue weighted by Gasteiger charge is -2.27. The Labute approximate surface area is 179 Å². The van der Waals surface area contributed by atoms with Gasteiger partial charge in [0.05, 0.1) is 49.0 Å². The lowest BCUT2D eigenvalue weighted by molar-refractivity contribution is 0.0993. The molecule has 0 aliphatic carbocycles. The minimum atomic E-state index is -0.570. The summed E-state index contributed by atoms with van der Waals surface area (Å²) < 4.78 is 16.1. The van der Waals surface area contributed by atoms with Gasteiger partial charge in [-0.25, -0.2) is 0 Å². The van der Waals surface area contributed by atoms with Gasteiger partial charge in [0.25, 0.3) is 5.91 Å². The number of hydrogen-bond acceptors (Lipinski definition) is 6. The summed E-state index contributed by atoms with van der Waals surface area (Å²) in [5.41, 5.74) is 2.41. The van der Waals surface area contributed by atoms with Crippen molar-refractivity contribution in [3.05, 3.63) is 71.0 Å². The predicted octanol–water partition coefficient (Wildman–Crippen LogP) is 4.53. The maximum absolute atomic E-state index is 13.2. The Kier molecular flexibility index (Phi) is 5.37. The SMILES string of the molecule is COc1cccc(N2C(=O)c3cccnc3C2Nc2cc(Cl)c(OC)cc2OC)c1. The van der Waals surface area contributed by atoms with Gasteiger partial charge < -0.3 is 19.5 Å². The van der Waals surface area contributed by atoms with Gasteiger partial charge in [-0.2, -0.15) is 0 Å². The molecule has 1 aromatic heterocycles. The summed E-state index contributed by atoms with van der Waals surface area (Å²) in [5, 5.41) is 3.78. The van der Waals surface area contributed by atoms with Gasteiger partial charge in [0, 0.05) is 18.3 Å². The zero-order valence-corrected chi connectivity index (χ0v) is 17.4. The number of benzene rings is 2. The number of anilines is 2. The highest BCUT2D eigenvalue weighted by Gasteiger charge is 2.39. The molecule has 0 bridgehead atoms. The number of amides is 1. The van der Waals surface area contributed by atoms with Crippen LogP contribution in [0.2, 0.25) is 5.02 Å². The van der Waals surface area contributed by atoms with E-state index in [0.29, 0.717) is 44.9 Å². The fraction of sp³-hybridized carbons (Fsp3) is 0.182. The number of fused-ring (bicyclic) bond motifs is 1. The average molecular weight is 426 g/mol. The molecule has 1 aliphatic rings. The highest BCUT2D eigenvalue weighted by Crippen LogP contribution is 2.42. The van der Waals surface area contributed by atoms with Crippen LogP contribution in [-0.4, -0.2) is 32.2 Å². The zero-order chi connectivity index (χ0) is 21.3. The normalized spacial score (nSPS) is 15.0. The Hall–Kier alpha value is -3.45. The molecule has 3 aromatic rings. The molecule has 0 saturated carbocycles. The van der Waals surface area contributed by atoms with Crippen molar-refractivity contribution in [3.63, 3.8) is 0 Å². The highest BCUT2D eigenvalue weighted by atomic mass is 35.5. The second kappa shape index (κ2) is 8.12. The standard InChI is InChI=1S/C22H20ClN3O4/c1-28-14-7-4-6-13(10-14)26-21(20-15(22(26)27)8-5-9-24-20)25-17-11-16(23)18(29-2)12-19(17)30-3/h4-12,21,25H,1-3H3. The van der Waals surface area contributed by atoms with Crippen LogP contribution in [0.1, 0.15) is 22.2 Å². The number of pyridine rings is 1. The van der Waals surface area contributed by atoms with Gasteiger partial charge >= 0.3 is 0 Å². The molecule has 1 aliphatic heterocycles. The topological polar surface area (TPSA) is 72.9 Å². The Morgan fingerprint density at radius 2 is 1.80 bits per heavy atom. The number of methoxy groups -OCH3 is 3. The van der Waals surface area contributed by atoms with Gasteiger partial charge in [-0.05, 0) is 30.3 Å². The predicted molar refractivity (Wildman–Crippen MR) is 115 cm³/mol. The number of aromatic nitrogens is 1. The van der Waals surface area contributed by atoms with Crippen LogP contribution in [0.25, 0.3) is 0 Å². The Bertz CT molecular complexity index is 1110. The third-order valence-electron chi connectivity index (χ3n) is 4.90. The summed E-state index contributed by atoms with van der Waals surface area (Å²) in [5.74, 6) is 1.50. The molecule has 1 unspecified atom stereocenters. The number of ether oxygens (including phenoxy) is 3. The minimum absolute atomic E-state index is 0.164. The Morgan fingerprint density at radius 3 is 2.53 bits per heavy atom. The number of halogens is 1. The van der Waals surface area contributed by atoms with Crippen molar-refractivity contribution in [2.24, 2.45) is 0 Å². The van der Waals surface area contributed by atoms with E-state index in [9.17, 15) is 4.79 Å². The van der Waals surface area contributed by atoms with E-state index in [1.54, 1.807) is 55.6 Å². The largest absolute Gasteiger partial charge is 0.497 e. The van der Waals surface area contributed by atoms with Crippen LogP contribution in [0, 0.1) is 0 Å². The van der Waals surface area contributed by atoms with Gasteiger partial charge in [0.15, 0.2) is 6.17 Å². The Morgan fingerprint density at radius 1 is 1.00 bits per heavy atom. The fourth-order valence-corrected chi connectivity index (χ4v) is 3.71. The van der Waals surface area contributed by atoms with Crippen molar-refractivity contribution >= 4 is 28.9 Å². The van der Waals surface area contributed by atoms with Crippen LogP contribution >= 0.6 is 11.6 Å². The number of hydrogen-bond donors (Lipinski definition) is 1. The second-order valence-corrected chi connectivity index (χ2v) is 6.95.